The van der Waals surface area contributed by atoms with E-state index in [1.54, 1.807) is 0 Å². The van der Waals surface area contributed by atoms with Crippen LogP contribution in [0.5, 0.6) is 0 Å². The van der Waals surface area contributed by atoms with Crippen LogP contribution in [0.3, 0.4) is 0 Å². The van der Waals surface area contributed by atoms with Gasteiger partial charge in [0.05, 0.1) is 0 Å². The first-order valence-corrected chi connectivity index (χ1v) is 7.68. The maximum Gasteiger partial charge on any atom is 0.238 e. The molecule has 2 unspecified atom stereocenters. The van der Waals surface area contributed by atoms with Crippen LogP contribution < -0.4 is 16.2 Å². The molecule has 114 valence electrons. The first kappa shape index (κ1) is 15.0. The molecule has 0 saturated carbocycles. The molecule has 1 saturated heterocycles. The van der Waals surface area contributed by atoms with E-state index >= 15 is 0 Å². The van der Waals surface area contributed by atoms with Crippen molar-refractivity contribution in [1.82, 2.24) is 16.2 Å². The molecular formula is C17H18ClN3O. The van der Waals surface area contributed by atoms with E-state index in [0.29, 0.717) is 18.0 Å². The molecule has 1 aliphatic heterocycles. The van der Waals surface area contributed by atoms with Gasteiger partial charge in [-0.1, -0.05) is 54.1 Å². The molecule has 5 heteroatoms. The maximum absolute atomic E-state index is 12.2. The molecule has 0 aliphatic carbocycles. The van der Waals surface area contributed by atoms with Gasteiger partial charge < -0.3 is 5.32 Å². The molecule has 1 fully saturated rings. The topological polar surface area (TPSA) is 53.2 Å². The second-order valence-electron chi connectivity index (χ2n) is 5.39. The number of carbonyl (C=O) groups excluding carboxylic acids is 1. The number of nitrogens with one attached hydrogen (secondary N) is 3. The van der Waals surface area contributed by atoms with E-state index in [0.717, 1.165) is 11.1 Å². The standard InChI is InChI=1S/C17H18ClN3O/c18-14-8-4-7-13(9-14)15-10-16(21-20-15)17(22)19-11-12-5-2-1-3-6-12/h1-9,15-16,20-21H,10-11H2,(H,19,22). The summed E-state index contributed by atoms with van der Waals surface area (Å²) < 4.78 is 0. The van der Waals surface area contributed by atoms with Gasteiger partial charge in [-0.25, -0.2) is 10.9 Å². The van der Waals surface area contributed by atoms with Crippen LogP contribution in [0.2, 0.25) is 5.02 Å². The summed E-state index contributed by atoms with van der Waals surface area (Å²) in [4.78, 5) is 12.2. The first-order valence-electron chi connectivity index (χ1n) is 7.30. The van der Waals surface area contributed by atoms with Crippen LogP contribution in [-0.2, 0) is 11.3 Å². The number of hydrogen-bond donors (Lipinski definition) is 3. The number of carbonyl (C=O) groups is 1. The van der Waals surface area contributed by atoms with Crippen molar-refractivity contribution in [2.75, 3.05) is 0 Å². The van der Waals surface area contributed by atoms with Crippen LogP contribution >= 0.6 is 11.6 Å². The quantitative estimate of drug-likeness (QED) is 0.813. The van der Waals surface area contributed by atoms with Crippen molar-refractivity contribution in [3.63, 3.8) is 0 Å². The Morgan fingerprint density at radius 3 is 2.73 bits per heavy atom. The van der Waals surface area contributed by atoms with E-state index < -0.39 is 0 Å². The van der Waals surface area contributed by atoms with Crippen molar-refractivity contribution >= 4 is 17.5 Å². The third-order valence-corrected chi connectivity index (χ3v) is 4.02. The minimum absolute atomic E-state index is 0.000816. The second kappa shape index (κ2) is 6.92. The van der Waals surface area contributed by atoms with E-state index in [-0.39, 0.29) is 18.0 Å². The molecular weight excluding hydrogens is 298 g/mol. The summed E-state index contributed by atoms with van der Waals surface area (Å²) in [5.74, 6) is 0.000816. The summed E-state index contributed by atoms with van der Waals surface area (Å²) in [6.07, 6.45) is 0.695. The highest BCUT2D eigenvalue weighted by atomic mass is 35.5. The lowest BCUT2D eigenvalue weighted by molar-refractivity contribution is -0.123. The molecule has 3 rings (SSSR count). The molecule has 3 N–H and O–H groups in total. The van der Waals surface area contributed by atoms with Crippen LogP contribution in [0, 0.1) is 0 Å². The van der Waals surface area contributed by atoms with Gasteiger partial charge in [0, 0.05) is 17.6 Å². The Kier molecular flexibility index (Phi) is 4.73. The van der Waals surface area contributed by atoms with E-state index in [2.05, 4.69) is 16.2 Å². The minimum atomic E-state index is -0.243. The minimum Gasteiger partial charge on any atom is -0.351 e. The van der Waals surface area contributed by atoms with Gasteiger partial charge in [0.1, 0.15) is 6.04 Å². The average molecular weight is 316 g/mol. The van der Waals surface area contributed by atoms with Gasteiger partial charge in [0.25, 0.3) is 0 Å². The van der Waals surface area contributed by atoms with Crippen LogP contribution in [0.1, 0.15) is 23.6 Å². The molecule has 0 aromatic heterocycles. The number of amides is 1. The fraction of sp³-hybridized carbons (Fsp3) is 0.235. The van der Waals surface area contributed by atoms with Crippen molar-refractivity contribution in [3.8, 4) is 0 Å². The molecule has 1 aliphatic rings. The summed E-state index contributed by atoms with van der Waals surface area (Å²) in [7, 11) is 0. The van der Waals surface area contributed by atoms with E-state index in [1.165, 1.54) is 0 Å². The number of benzene rings is 2. The van der Waals surface area contributed by atoms with E-state index in [4.69, 9.17) is 11.6 Å². The summed E-state index contributed by atoms with van der Waals surface area (Å²) in [5, 5.41) is 3.66. The molecule has 2 atom stereocenters. The lowest BCUT2D eigenvalue weighted by Crippen LogP contribution is -2.42. The van der Waals surface area contributed by atoms with Gasteiger partial charge in [-0.3, -0.25) is 4.79 Å². The highest BCUT2D eigenvalue weighted by molar-refractivity contribution is 6.30. The Bertz CT molecular complexity index is 647. The van der Waals surface area contributed by atoms with Crippen molar-refractivity contribution in [2.45, 2.75) is 25.0 Å². The van der Waals surface area contributed by atoms with Gasteiger partial charge in [-0.15, -0.1) is 0 Å². The van der Waals surface area contributed by atoms with Crippen LogP contribution in [0.25, 0.3) is 0 Å². The van der Waals surface area contributed by atoms with Crippen LogP contribution in [0.4, 0.5) is 0 Å². The molecule has 0 radical (unpaired) electrons. The predicted octanol–water partition coefficient (Wildman–Crippen LogP) is 2.56. The molecule has 2 aromatic carbocycles. The fourth-order valence-corrected chi connectivity index (χ4v) is 2.78. The Hall–Kier alpha value is -1.88. The number of rotatable bonds is 4. The van der Waals surface area contributed by atoms with Gasteiger partial charge in [-0.05, 0) is 29.7 Å². The second-order valence-corrected chi connectivity index (χ2v) is 5.82. The fourth-order valence-electron chi connectivity index (χ4n) is 2.58. The largest absolute Gasteiger partial charge is 0.351 e. The monoisotopic (exact) mass is 315 g/mol. The zero-order valence-electron chi connectivity index (χ0n) is 12.1. The Morgan fingerprint density at radius 2 is 1.95 bits per heavy atom. The van der Waals surface area contributed by atoms with Gasteiger partial charge >= 0.3 is 0 Å². The molecule has 0 spiro atoms. The third-order valence-electron chi connectivity index (χ3n) is 3.78. The maximum atomic E-state index is 12.2. The lowest BCUT2D eigenvalue weighted by Gasteiger charge is -2.11. The van der Waals surface area contributed by atoms with Crippen LogP contribution in [0.15, 0.2) is 54.6 Å². The zero-order valence-corrected chi connectivity index (χ0v) is 12.8. The van der Waals surface area contributed by atoms with Crippen LogP contribution in [-0.4, -0.2) is 11.9 Å². The summed E-state index contributed by atoms with van der Waals surface area (Å²) in [6, 6.07) is 17.4. The summed E-state index contributed by atoms with van der Waals surface area (Å²) in [5.41, 5.74) is 8.39. The van der Waals surface area contributed by atoms with Gasteiger partial charge in [0.15, 0.2) is 0 Å². The molecule has 1 heterocycles. The third kappa shape index (κ3) is 3.65. The molecule has 2 aromatic rings. The van der Waals surface area contributed by atoms with Crippen molar-refractivity contribution in [1.29, 1.82) is 0 Å². The summed E-state index contributed by atoms with van der Waals surface area (Å²) in [6.45, 7) is 0.541. The lowest BCUT2D eigenvalue weighted by atomic mass is 10.0. The van der Waals surface area contributed by atoms with Gasteiger partial charge in [-0.2, -0.15) is 0 Å². The molecule has 0 bridgehead atoms. The van der Waals surface area contributed by atoms with Crippen molar-refractivity contribution in [2.24, 2.45) is 0 Å². The average Bonchev–Trinajstić information content (AvgIpc) is 3.04. The normalized spacial score (nSPS) is 20.8. The van der Waals surface area contributed by atoms with Crippen molar-refractivity contribution < 1.29 is 4.79 Å². The van der Waals surface area contributed by atoms with Crippen molar-refractivity contribution in [3.05, 3.63) is 70.7 Å². The highest BCUT2D eigenvalue weighted by Gasteiger charge is 2.29. The van der Waals surface area contributed by atoms with Gasteiger partial charge in [0.2, 0.25) is 5.91 Å². The van der Waals surface area contributed by atoms with E-state index in [9.17, 15) is 4.79 Å². The molecule has 1 amide bonds. The zero-order chi connectivity index (χ0) is 15.4. The first-order chi connectivity index (χ1) is 10.7. The number of hydrogen-bond acceptors (Lipinski definition) is 3. The number of hydrazine groups is 1. The SMILES string of the molecule is O=C(NCc1ccccc1)C1CC(c2cccc(Cl)c2)NN1. The molecule has 22 heavy (non-hydrogen) atoms. The summed E-state index contributed by atoms with van der Waals surface area (Å²) >= 11 is 6.01. The predicted molar refractivity (Wildman–Crippen MR) is 87.2 cm³/mol. The Balaban J connectivity index is 1.55. The van der Waals surface area contributed by atoms with E-state index in [1.807, 2.05) is 54.6 Å². The Labute approximate surface area is 134 Å². The number of halogens is 1. The highest BCUT2D eigenvalue weighted by Crippen LogP contribution is 2.24. The molecule has 4 nitrogen and oxygen atoms in total. The Morgan fingerprint density at radius 1 is 1.14 bits per heavy atom. The smallest absolute Gasteiger partial charge is 0.238 e.